The Kier molecular flexibility index (Phi) is 5.39. The van der Waals surface area contributed by atoms with Crippen LogP contribution in [0.2, 0.25) is 0 Å². The second kappa shape index (κ2) is 8.01. The van der Waals surface area contributed by atoms with Crippen LogP contribution in [0.3, 0.4) is 0 Å². The number of aromatic nitrogens is 2. The summed E-state index contributed by atoms with van der Waals surface area (Å²) < 4.78 is 28.8. The van der Waals surface area contributed by atoms with E-state index >= 15 is 0 Å². The zero-order chi connectivity index (χ0) is 23.4. The SMILES string of the molecule is CCOC(=O)N1CCC2(CC1)Oc1c(F)cccc1-c1nc(C3CCNC(C)(C)C3)n(C)c12. The van der Waals surface area contributed by atoms with Crippen LogP contribution in [0.1, 0.15) is 63.9 Å². The van der Waals surface area contributed by atoms with Crippen LogP contribution in [0.15, 0.2) is 18.2 Å². The predicted molar refractivity (Wildman–Crippen MR) is 123 cm³/mol. The Hall–Kier alpha value is -2.61. The van der Waals surface area contributed by atoms with Gasteiger partial charge in [-0.1, -0.05) is 6.07 Å². The Morgan fingerprint density at radius 1 is 1.33 bits per heavy atom. The fraction of sp³-hybridized carbons (Fsp3) is 0.600. The number of hydrogen-bond donors (Lipinski definition) is 1. The van der Waals surface area contributed by atoms with E-state index in [4.69, 9.17) is 14.5 Å². The van der Waals surface area contributed by atoms with Crippen LogP contribution in [0.4, 0.5) is 9.18 Å². The van der Waals surface area contributed by atoms with Crippen molar-refractivity contribution in [1.29, 1.82) is 0 Å². The normalized spacial score (nSPS) is 22.9. The van der Waals surface area contributed by atoms with Crippen molar-refractivity contribution >= 4 is 6.09 Å². The van der Waals surface area contributed by atoms with E-state index in [-0.39, 0.29) is 23.2 Å². The number of carbonyl (C=O) groups is 1. The van der Waals surface area contributed by atoms with Crippen LogP contribution < -0.4 is 10.1 Å². The molecule has 1 N–H and O–H groups in total. The maximum absolute atomic E-state index is 14.9. The molecule has 2 saturated heterocycles. The molecule has 1 aromatic carbocycles. The highest BCUT2D eigenvalue weighted by atomic mass is 19.1. The third kappa shape index (κ3) is 3.68. The molecule has 1 aromatic heterocycles. The topological polar surface area (TPSA) is 68.6 Å². The van der Waals surface area contributed by atoms with Crippen LogP contribution >= 0.6 is 0 Å². The number of nitrogens with zero attached hydrogens (tertiary/aromatic N) is 3. The van der Waals surface area contributed by atoms with Crippen molar-refractivity contribution in [3.05, 3.63) is 35.5 Å². The number of benzene rings is 1. The van der Waals surface area contributed by atoms with Crippen LogP contribution in [0.5, 0.6) is 5.75 Å². The summed E-state index contributed by atoms with van der Waals surface area (Å²) >= 11 is 0. The van der Waals surface area contributed by atoms with Gasteiger partial charge in [0.25, 0.3) is 0 Å². The van der Waals surface area contributed by atoms with Crippen molar-refractivity contribution in [2.75, 3.05) is 26.2 Å². The van der Waals surface area contributed by atoms with Gasteiger partial charge in [-0.05, 0) is 52.3 Å². The van der Waals surface area contributed by atoms with Gasteiger partial charge in [-0.15, -0.1) is 0 Å². The summed E-state index contributed by atoms with van der Waals surface area (Å²) in [6.07, 6.45) is 2.80. The maximum Gasteiger partial charge on any atom is 0.409 e. The molecular formula is C25H33FN4O3. The zero-order valence-corrected chi connectivity index (χ0v) is 19.9. The lowest BCUT2D eigenvalue weighted by Crippen LogP contribution is -2.50. The lowest BCUT2D eigenvalue weighted by atomic mass is 9.83. The average Bonchev–Trinajstić information content (AvgIpc) is 3.13. The van der Waals surface area contributed by atoms with Crippen molar-refractivity contribution < 1.29 is 18.7 Å². The van der Waals surface area contributed by atoms with Gasteiger partial charge in [0.2, 0.25) is 0 Å². The molecule has 0 aliphatic carbocycles. The molecule has 1 spiro atoms. The van der Waals surface area contributed by atoms with Gasteiger partial charge in [0.15, 0.2) is 17.2 Å². The Bertz CT molecular complexity index is 1070. The molecule has 4 heterocycles. The van der Waals surface area contributed by atoms with Crippen molar-refractivity contribution in [3.8, 4) is 17.0 Å². The molecule has 0 radical (unpaired) electrons. The first-order valence-electron chi connectivity index (χ1n) is 12.0. The van der Waals surface area contributed by atoms with E-state index in [1.54, 1.807) is 17.9 Å². The number of likely N-dealkylation sites (tertiary alicyclic amines) is 1. The van der Waals surface area contributed by atoms with Gasteiger partial charge < -0.3 is 24.3 Å². The maximum atomic E-state index is 14.9. The van der Waals surface area contributed by atoms with E-state index in [1.165, 1.54) is 6.07 Å². The Morgan fingerprint density at radius 2 is 2.09 bits per heavy atom. The highest BCUT2D eigenvalue weighted by Gasteiger charge is 2.49. The number of imidazole rings is 1. The van der Waals surface area contributed by atoms with E-state index in [1.807, 2.05) is 6.07 Å². The highest BCUT2D eigenvalue weighted by Crippen LogP contribution is 2.51. The second-order valence-corrected chi connectivity index (χ2v) is 10.1. The van der Waals surface area contributed by atoms with Crippen molar-refractivity contribution in [3.63, 3.8) is 0 Å². The number of nitrogens with one attached hydrogen (secondary N) is 1. The quantitative estimate of drug-likeness (QED) is 0.729. The number of rotatable bonds is 2. The van der Waals surface area contributed by atoms with E-state index in [0.717, 1.165) is 36.6 Å². The van der Waals surface area contributed by atoms with Gasteiger partial charge in [-0.2, -0.15) is 0 Å². The fourth-order valence-corrected chi connectivity index (χ4v) is 5.83. The molecule has 3 aliphatic rings. The Balaban J connectivity index is 1.57. The van der Waals surface area contributed by atoms with Gasteiger partial charge in [0.05, 0.1) is 18.0 Å². The minimum Gasteiger partial charge on any atom is -0.477 e. The Morgan fingerprint density at radius 3 is 2.79 bits per heavy atom. The second-order valence-electron chi connectivity index (χ2n) is 10.1. The molecule has 1 amide bonds. The number of ether oxygens (including phenoxy) is 2. The number of hydrogen-bond acceptors (Lipinski definition) is 5. The van der Waals surface area contributed by atoms with Crippen LogP contribution in [0.25, 0.3) is 11.3 Å². The van der Waals surface area contributed by atoms with E-state index in [2.05, 4.69) is 30.8 Å². The lowest BCUT2D eigenvalue weighted by Gasteiger charge is -2.44. The molecule has 33 heavy (non-hydrogen) atoms. The van der Waals surface area contributed by atoms with Gasteiger partial charge >= 0.3 is 6.09 Å². The molecule has 1 unspecified atom stereocenters. The van der Waals surface area contributed by atoms with Crippen molar-refractivity contribution in [1.82, 2.24) is 19.8 Å². The molecule has 5 rings (SSSR count). The molecule has 2 fully saturated rings. The minimum atomic E-state index is -0.726. The number of amides is 1. The summed E-state index contributed by atoms with van der Waals surface area (Å²) in [5.74, 6) is 1.23. The third-order valence-electron chi connectivity index (χ3n) is 7.40. The molecule has 178 valence electrons. The molecule has 7 nitrogen and oxygen atoms in total. The smallest absolute Gasteiger partial charge is 0.409 e. The average molecular weight is 457 g/mol. The number of fused-ring (bicyclic) bond motifs is 4. The van der Waals surface area contributed by atoms with Gasteiger partial charge in [-0.25, -0.2) is 14.2 Å². The Labute approximate surface area is 194 Å². The molecule has 2 aromatic rings. The van der Waals surface area contributed by atoms with E-state index in [0.29, 0.717) is 44.0 Å². The van der Waals surface area contributed by atoms with E-state index < -0.39 is 5.60 Å². The van der Waals surface area contributed by atoms with Gasteiger partial charge in [0.1, 0.15) is 5.82 Å². The van der Waals surface area contributed by atoms with Gasteiger partial charge in [0, 0.05) is 50.0 Å². The monoisotopic (exact) mass is 456 g/mol. The number of piperidine rings is 2. The van der Waals surface area contributed by atoms with Crippen molar-refractivity contribution in [2.24, 2.45) is 7.05 Å². The summed E-state index contributed by atoms with van der Waals surface area (Å²) in [4.78, 5) is 19.1. The van der Waals surface area contributed by atoms with Crippen LogP contribution in [0, 0.1) is 5.82 Å². The molecule has 1 atom stereocenters. The minimum absolute atomic E-state index is 0.0402. The molecular weight excluding hydrogens is 423 g/mol. The number of carbonyl (C=O) groups excluding carboxylic acids is 1. The summed E-state index contributed by atoms with van der Waals surface area (Å²) in [7, 11) is 2.06. The molecule has 8 heteroatoms. The van der Waals surface area contributed by atoms with Crippen molar-refractivity contribution in [2.45, 2.75) is 63.5 Å². The van der Waals surface area contributed by atoms with Crippen LogP contribution in [-0.2, 0) is 17.4 Å². The highest BCUT2D eigenvalue weighted by molar-refractivity contribution is 5.74. The first kappa shape index (κ1) is 22.2. The third-order valence-corrected chi connectivity index (χ3v) is 7.40. The standard InChI is InChI=1S/C25H33FN4O3/c1-5-32-23(31)30-13-10-25(11-14-30)21-19(17-7-6-8-18(26)20(17)33-25)28-22(29(21)4)16-9-12-27-24(2,3)15-16/h6-8,16,27H,5,9-15H2,1-4H3. The van der Waals surface area contributed by atoms with Gasteiger partial charge in [-0.3, -0.25) is 0 Å². The summed E-state index contributed by atoms with van der Waals surface area (Å²) in [6.45, 7) is 8.52. The summed E-state index contributed by atoms with van der Waals surface area (Å²) in [5.41, 5.74) is 1.83. The molecule has 0 bridgehead atoms. The zero-order valence-electron chi connectivity index (χ0n) is 19.9. The number of para-hydroxylation sites is 1. The first-order chi connectivity index (χ1) is 15.7. The van der Waals surface area contributed by atoms with Crippen LogP contribution in [-0.4, -0.2) is 52.3 Å². The first-order valence-corrected chi connectivity index (χ1v) is 12.0. The summed E-state index contributed by atoms with van der Waals surface area (Å²) in [5, 5.41) is 3.58. The largest absolute Gasteiger partial charge is 0.477 e. The summed E-state index contributed by atoms with van der Waals surface area (Å²) in [6, 6.07) is 5.04. The lowest BCUT2D eigenvalue weighted by molar-refractivity contribution is -0.0127. The fourth-order valence-electron chi connectivity index (χ4n) is 5.83. The molecule has 0 saturated carbocycles. The predicted octanol–water partition coefficient (Wildman–Crippen LogP) is 4.31. The molecule has 3 aliphatic heterocycles. The number of halogens is 1. The van der Waals surface area contributed by atoms with E-state index in [9.17, 15) is 9.18 Å².